The largest absolute Gasteiger partial charge is 0.342 e. The van der Waals surface area contributed by atoms with Crippen LogP contribution in [0.3, 0.4) is 0 Å². The molecule has 0 bridgehead atoms. The molecule has 8 heteroatoms. The Bertz CT molecular complexity index is 631. The Morgan fingerprint density at radius 3 is 1.68 bits per heavy atom. The number of unbranched alkanes of at least 4 members (excludes halogenated alkanes) is 9. The number of nitro benzene ring substituents is 2. The van der Waals surface area contributed by atoms with Gasteiger partial charge in [-0.3, -0.25) is 25.0 Å². The van der Waals surface area contributed by atoms with Gasteiger partial charge >= 0.3 is 0 Å². The number of benzene rings is 1. The van der Waals surface area contributed by atoms with Gasteiger partial charge in [-0.2, -0.15) is 0 Å². The van der Waals surface area contributed by atoms with E-state index in [0.717, 1.165) is 37.5 Å². The molecule has 0 unspecified atom stereocenters. The lowest BCUT2D eigenvalue weighted by Gasteiger charge is -2.17. The molecule has 1 rings (SSSR count). The van der Waals surface area contributed by atoms with Crippen LogP contribution in [0.4, 0.5) is 11.4 Å². The van der Waals surface area contributed by atoms with Crippen LogP contribution in [0.1, 0.15) is 81.5 Å². The van der Waals surface area contributed by atoms with Gasteiger partial charge in [-0.25, -0.2) is 0 Å². The Hall–Kier alpha value is -2.51. The van der Waals surface area contributed by atoms with E-state index in [-0.39, 0.29) is 5.56 Å². The van der Waals surface area contributed by atoms with Crippen LogP contribution in [0.2, 0.25) is 0 Å². The first-order valence-electron chi connectivity index (χ1n) is 10.1. The average molecular weight is 393 g/mol. The second kappa shape index (κ2) is 12.8. The first-order chi connectivity index (χ1) is 13.4. The zero-order valence-corrected chi connectivity index (χ0v) is 16.9. The maximum Gasteiger partial charge on any atom is 0.277 e. The highest BCUT2D eigenvalue weighted by atomic mass is 16.6. The van der Waals surface area contributed by atoms with E-state index in [0.29, 0.717) is 6.54 Å². The lowest BCUT2D eigenvalue weighted by Crippen LogP contribution is -2.27. The summed E-state index contributed by atoms with van der Waals surface area (Å²) in [6, 6.07) is 3.04. The van der Waals surface area contributed by atoms with Crippen LogP contribution in [-0.2, 0) is 0 Å². The van der Waals surface area contributed by atoms with Crippen LogP contribution in [-0.4, -0.2) is 34.2 Å². The summed E-state index contributed by atoms with van der Waals surface area (Å²) in [5.74, 6) is -0.442. The molecule has 1 amide bonds. The predicted octanol–water partition coefficient (Wildman–Crippen LogP) is 5.50. The van der Waals surface area contributed by atoms with E-state index < -0.39 is 27.1 Å². The molecule has 0 fully saturated rings. The number of hydrogen-bond acceptors (Lipinski definition) is 5. The maximum atomic E-state index is 12.5. The molecular formula is C20H31N3O5. The number of carbonyl (C=O) groups is 1. The first kappa shape index (κ1) is 23.5. The van der Waals surface area contributed by atoms with Gasteiger partial charge in [0.15, 0.2) is 0 Å². The molecule has 0 atom stereocenters. The summed E-state index contributed by atoms with van der Waals surface area (Å²) >= 11 is 0. The molecule has 0 N–H and O–H groups in total. The molecule has 0 radical (unpaired) electrons. The summed E-state index contributed by atoms with van der Waals surface area (Å²) in [6.45, 7) is 2.73. The number of carbonyl (C=O) groups excluding carboxylic acids is 1. The highest BCUT2D eigenvalue weighted by Gasteiger charge is 2.21. The third-order valence-corrected chi connectivity index (χ3v) is 4.76. The standard InChI is InChI=1S/C20H31N3O5/c1-3-4-5-6-7-8-9-10-11-12-13-21(2)20(24)17-14-18(22(25)26)16-19(15-17)23(27)28/h14-16H,3-13H2,1-2H3. The summed E-state index contributed by atoms with van der Waals surface area (Å²) in [4.78, 5) is 34.4. The van der Waals surface area contributed by atoms with Gasteiger partial charge in [-0.15, -0.1) is 0 Å². The molecular weight excluding hydrogens is 362 g/mol. The first-order valence-corrected chi connectivity index (χ1v) is 10.1. The van der Waals surface area contributed by atoms with Gasteiger partial charge in [0, 0.05) is 25.7 Å². The van der Waals surface area contributed by atoms with Crippen molar-refractivity contribution in [2.75, 3.05) is 13.6 Å². The van der Waals surface area contributed by atoms with E-state index in [1.54, 1.807) is 7.05 Å². The minimum atomic E-state index is -0.730. The third kappa shape index (κ3) is 8.45. The predicted molar refractivity (Wildman–Crippen MR) is 109 cm³/mol. The molecule has 28 heavy (non-hydrogen) atoms. The highest BCUT2D eigenvalue weighted by molar-refractivity contribution is 5.95. The lowest BCUT2D eigenvalue weighted by atomic mass is 10.1. The highest BCUT2D eigenvalue weighted by Crippen LogP contribution is 2.23. The smallest absolute Gasteiger partial charge is 0.277 e. The van der Waals surface area contributed by atoms with Crippen molar-refractivity contribution < 1.29 is 14.6 Å². The number of non-ortho nitro benzene ring substituents is 2. The van der Waals surface area contributed by atoms with E-state index in [4.69, 9.17) is 0 Å². The van der Waals surface area contributed by atoms with E-state index in [2.05, 4.69) is 6.92 Å². The van der Waals surface area contributed by atoms with Crippen LogP contribution in [0, 0.1) is 20.2 Å². The average Bonchev–Trinajstić information content (AvgIpc) is 2.68. The summed E-state index contributed by atoms with van der Waals surface area (Å²) in [5.41, 5.74) is -0.940. The normalized spacial score (nSPS) is 10.6. The fraction of sp³-hybridized carbons (Fsp3) is 0.650. The Balaban J connectivity index is 2.40. The van der Waals surface area contributed by atoms with Crippen molar-refractivity contribution in [2.24, 2.45) is 0 Å². The number of nitrogens with zero attached hydrogens (tertiary/aromatic N) is 3. The SMILES string of the molecule is CCCCCCCCCCCCN(C)C(=O)c1cc([N+](=O)[O-])cc([N+](=O)[O-])c1. The molecule has 0 aromatic heterocycles. The summed E-state index contributed by atoms with van der Waals surface area (Å²) in [6.07, 6.45) is 11.9. The molecule has 0 aliphatic carbocycles. The van der Waals surface area contributed by atoms with Gasteiger partial charge < -0.3 is 4.90 Å². The van der Waals surface area contributed by atoms with Crippen molar-refractivity contribution in [3.63, 3.8) is 0 Å². The van der Waals surface area contributed by atoms with Crippen LogP contribution in [0.15, 0.2) is 18.2 Å². The minimum Gasteiger partial charge on any atom is -0.342 e. The Labute approximate surface area is 166 Å². The molecule has 0 heterocycles. The number of amides is 1. The Morgan fingerprint density at radius 2 is 1.25 bits per heavy atom. The molecule has 0 saturated heterocycles. The second-order valence-corrected chi connectivity index (χ2v) is 7.16. The van der Waals surface area contributed by atoms with Crippen LogP contribution in [0.5, 0.6) is 0 Å². The fourth-order valence-corrected chi connectivity index (χ4v) is 3.09. The van der Waals surface area contributed by atoms with Crippen molar-refractivity contribution in [1.29, 1.82) is 0 Å². The molecule has 0 aliphatic heterocycles. The molecule has 8 nitrogen and oxygen atoms in total. The summed E-state index contributed by atoms with van der Waals surface area (Å²) in [5, 5.41) is 21.9. The van der Waals surface area contributed by atoms with Gasteiger partial charge in [0.25, 0.3) is 17.3 Å². The number of rotatable bonds is 14. The van der Waals surface area contributed by atoms with Gasteiger partial charge in [0.2, 0.25) is 0 Å². The number of hydrogen-bond donors (Lipinski definition) is 0. The fourth-order valence-electron chi connectivity index (χ4n) is 3.09. The molecule has 0 saturated carbocycles. The second-order valence-electron chi connectivity index (χ2n) is 7.16. The van der Waals surface area contributed by atoms with Crippen LogP contribution < -0.4 is 0 Å². The molecule has 1 aromatic rings. The Morgan fingerprint density at radius 1 is 0.821 bits per heavy atom. The quantitative estimate of drug-likeness (QED) is 0.236. The topological polar surface area (TPSA) is 107 Å². The van der Waals surface area contributed by atoms with Crippen LogP contribution in [0.25, 0.3) is 0 Å². The van der Waals surface area contributed by atoms with Crippen molar-refractivity contribution in [3.05, 3.63) is 44.0 Å². The lowest BCUT2D eigenvalue weighted by molar-refractivity contribution is -0.394. The monoisotopic (exact) mass is 393 g/mol. The van der Waals surface area contributed by atoms with Crippen molar-refractivity contribution in [1.82, 2.24) is 4.90 Å². The third-order valence-electron chi connectivity index (χ3n) is 4.76. The molecule has 1 aromatic carbocycles. The maximum absolute atomic E-state index is 12.5. The van der Waals surface area contributed by atoms with E-state index in [1.807, 2.05) is 0 Å². The van der Waals surface area contributed by atoms with Crippen molar-refractivity contribution in [3.8, 4) is 0 Å². The van der Waals surface area contributed by atoms with Gasteiger partial charge in [0.1, 0.15) is 0 Å². The van der Waals surface area contributed by atoms with E-state index in [9.17, 15) is 25.0 Å². The van der Waals surface area contributed by atoms with Gasteiger partial charge in [-0.1, -0.05) is 64.7 Å². The van der Waals surface area contributed by atoms with Crippen LogP contribution >= 0.6 is 0 Å². The van der Waals surface area contributed by atoms with Gasteiger partial charge in [-0.05, 0) is 6.42 Å². The van der Waals surface area contributed by atoms with Gasteiger partial charge in [0.05, 0.1) is 21.5 Å². The zero-order valence-electron chi connectivity index (χ0n) is 16.9. The summed E-state index contributed by atoms with van der Waals surface area (Å²) in [7, 11) is 1.61. The van der Waals surface area contributed by atoms with Crippen molar-refractivity contribution >= 4 is 17.3 Å². The number of nitro groups is 2. The van der Waals surface area contributed by atoms with E-state index in [1.165, 1.54) is 49.8 Å². The minimum absolute atomic E-state index is 0.0320. The van der Waals surface area contributed by atoms with E-state index >= 15 is 0 Å². The molecule has 156 valence electrons. The molecule has 0 aliphatic rings. The summed E-state index contributed by atoms with van der Waals surface area (Å²) < 4.78 is 0. The van der Waals surface area contributed by atoms with Crippen molar-refractivity contribution in [2.45, 2.75) is 71.1 Å². The molecule has 0 spiro atoms. The zero-order chi connectivity index (χ0) is 20.9. The Kier molecular flexibility index (Phi) is 10.8.